The Morgan fingerprint density at radius 2 is 1.74 bits per heavy atom. The summed E-state index contributed by atoms with van der Waals surface area (Å²) in [6.45, 7) is -0.207. The first kappa shape index (κ1) is 20.6. The summed E-state index contributed by atoms with van der Waals surface area (Å²) in [6.07, 6.45) is -4.95. The molecule has 0 fully saturated rings. The van der Waals surface area contributed by atoms with Crippen molar-refractivity contribution in [1.29, 1.82) is 0 Å². The number of alkyl halides is 3. The lowest BCUT2D eigenvalue weighted by Crippen LogP contribution is -2.28. The summed E-state index contributed by atoms with van der Waals surface area (Å²) in [5.74, 6) is -3.43. The zero-order chi connectivity index (χ0) is 20.2. The average molecular weight is 407 g/mol. The van der Waals surface area contributed by atoms with Gasteiger partial charge in [0.25, 0.3) is 5.91 Å². The van der Waals surface area contributed by atoms with Crippen molar-refractivity contribution in [3.63, 3.8) is 0 Å². The van der Waals surface area contributed by atoms with Crippen LogP contribution >= 0.6 is 11.6 Å². The molecule has 0 atom stereocenters. The molecule has 0 saturated heterocycles. The van der Waals surface area contributed by atoms with E-state index in [4.69, 9.17) is 11.6 Å². The molecule has 0 spiro atoms. The van der Waals surface area contributed by atoms with E-state index < -0.39 is 45.8 Å². The van der Waals surface area contributed by atoms with Gasteiger partial charge in [-0.2, -0.15) is 13.2 Å². The SMILES string of the molecule is O=C(CCNC(=O)c1ccc(F)cc1F)Nc1ccc(Cl)c(C(F)(F)F)c1. The Labute approximate surface area is 155 Å². The van der Waals surface area contributed by atoms with Crippen LogP contribution in [-0.4, -0.2) is 18.4 Å². The van der Waals surface area contributed by atoms with Gasteiger partial charge >= 0.3 is 6.18 Å². The molecule has 0 aliphatic carbocycles. The number of hydrogen-bond donors (Lipinski definition) is 2. The molecule has 2 amide bonds. The average Bonchev–Trinajstić information content (AvgIpc) is 2.55. The zero-order valence-corrected chi connectivity index (χ0v) is 14.2. The molecule has 27 heavy (non-hydrogen) atoms. The van der Waals surface area contributed by atoms with Gasteiger partial charge in [0.1, 0.15) is 11.6 Å². The third kappa shape index (κ3) is 5.65. The highest BCUT2D eigenvalue weighted by Gasteiger charge is 2.33. The van der Waals surface area contributed by atoms with Gasteiger partial charge in [0.05, 0.1) is 16.1 Å². The summed E-state index contributed by atoms with van der Waals surface area (Å²) in [7, 11) is 0. The highest BCUT2D eigenvalue weighted by molar-refractivity contribution is 6.31. The molecule has 0 bridgehead atoms. The Hall–Kier alpha value is -2.68. The summed E-state index contributed by atoms with van der Waals surface area (Å²) in [5, 5.41) is 3.99. The molecular weight excluding hydrogens is 395 g/mol. The van der Waals surface area contributed by atoms with Crippen LogP contribution in [0.25, 0.3) is 0 Å². The Kier molecular flexibility index (Phi) is 6.37. The molecule has 0 unspecified atom stereocenters. The summed E-state index contributed by atoms with van der Waals surface area (Å²) in [4.78, 5) is 23.6. The predicted molar refractivity (Wildman–Crippen MR) is 88.4 cm³/mol. The van der Waals surface area contributed by atoms with E-state index in [1.54, 1.807) is 0 Å². The molecule has 144 valence electrons. The molecule has 2 aromatic rings. The van der Waals surface area contributed by atoms with Gasteiger partial charge in [-0.15, -0.1) is 0 Å². The van der Waals surface area contributed by atoms with E-state index in [0.717, 1.165) is 18.2 Å². The van der Waals surface area contributed by atoms with Gasteiger partial charge in [-0.1, -0.05) is 11.6 Å². The van der Waals surface area contributed by atoms with E-state index in [-0.39, 0.29) is 18.7 Å². The quantitative estimate of drug-likeness (QED) is 0.723. The normalized spacial score (nSPS) is 11.2. The number of anilines is 1. The summed E-state index contributed by atoms with van der Waals surface area (Å²) < 4.78 is 64.6. The Bertz CT molecular complexity index is 871. The Balaban J connectivity index is 1.90. The van der Waals surface area contributed by atoms with Crippen LogP contribution in [0.2, 0.25) is 5.02 Å². The van der Waals surface area contributed by atoms with E-state index in [2.05, 4.69) is 10.6 Å². The molecule has 2 rings (SSSR count). The Morgan fingerprint density at radius 3 is 2.37 bits per heavy atom. The molecule has 0 radical (unpaired) electrons. The number of carbonyl (C=O) groups excluding carboxylic acids is 2. The van der Waals surface area contributed by atoms with Crippen LogP contribution in [0.15, 0.2) is 36.4 Å². The minimum Gasteiger partial charge on any atom is -0.351 e. The number of hydrogen-bond acceptors (Lipinski definition) is 2. The van der Waals surface area contributed by atoms with E-state index in [1.165, 1.54) is 6.07 Å². The highest BCUT2D eigenvalue weighted by Crippen LogP contribution is 2.36. The lowest BCUT2D eigenvalue weighted by atomic mass is 10.2. The second kappa shape index (κ2) is 8.34. The minimum atomic E-state index is -4.68. The van der Waals surface area contributed by atoms with Crippen LogP contribution in [0, 0.1) is 11.6 Å². The largest absolute Gasteiger partial charge is 0.417 e. The number of carbonyl (C=O) groups is 2. The van der Waals surface area contributed by atoms with Gasteiger partial charge in [-0.3, -0.25) is 9.59 Å². The van der Waals surface area contributed by atoms with Gasteiger partial charge in [0, 0.05) is 24.7 Å². The number of benzene rings is 2. The van der Waals surface area contributed by atoms with Gasteiger partial charge in [0.2, 0.25) is 5.91 Å². The van der Waals surface area contributed by atoms with Gasteiger partial charge in [-0.05, 0) is 30.3 Å². The second-order valence-electron chi connectivity index (χ2n) is 5.37. The standard InChI is InChI=1S/C17H12ClF5N2O2/c18-13-4-2-10(8-12(13)17(21,22)23)25-15(26)5-6-24-16(27)11-3-1-9(19)7-14(11)20/h1-4,7-8H,5-6H2,(H,24,27)(H,25,26). The minimum absolute atomic E-state index is 0.118. The van der Waals surface area contributed by atoms with Crippen LogP contribution in [0.1, 0.15) is 22.3 Å². The molecule has 2 aromatic carbocycles. The topological polar surface area (TPSA) is 58.2 Å². The molecule has 0 aliphatic heterocycles. The molecular formula is C17H12ClF5N2O2. The predicted octanol–water partition coefficient (Wildman–Crippen LogP) is 4.40. The number of rotatable bonds is 5. The van der Waals surface area contributed by atoms with E-state index >= 15 is 0 Å². The maximum atomic E-state index is 13.5. The van der Waals surface area contributed by atoms with Gasteiger partial charge in [-0.25, -0.2) is 8.78 Å². The molecule has 0 aromatic heterocycles. The number of amides is 2. The van der Waals surface area contributed by atoms with Crippen molar-refractivity contribution in [1.82, 2.24) is 5.32 Å². The van der Waals surface area contributed by atoms with E-state index in [1.807, 2.05) is 0 Å². The third-order valence-corrected chi connectivity index (χ3v) is 3.70. The summed E-state index contributed by atoms with van der Waals surface area (Å²) >= 11 is 5.48. The number of halogens is 6. The van der Waals surface area contributed by atoms with Crippen LogP contribution in [-0.2, 0) is 11.0 Å². The molecule has 0 saturated carbocycles. The van der Waals surface area contributed by atoms with E-state index in [0.29, 0.717) is 12.1 Å². The van der Waals surface area contributed by atoms with Crippen molar-refractivity contribution < 1.29 is 31.5 Å². The summed E-state index contributed by atoms with van der Waals surface area (Å²) in [6, 6.07) is 5.28. The molecule has 2 N–H and O–H groups in total. The van der Waals surface area contributed by atoms with Crippen molar-refractivity contribution in [2.45, 2.75) is 12.6 Å². The van der Waals surface area contributed by atoms with Crippen LogP contribution < -0.4 is 10.6 Å². The van der Waals surface area contributed by atoms with Gasteiger partial charge < -0.3 is 10.6 Å². The van der Waals surface area contributed by atoms with Crippen molar-refractivity contribution in [2.75, 3.05) is 11.9 Å². The fourth-order valence-corrected chi connectivity index (χ4v) is 2.33. The zero-order valence-electron chi connectivity index (χ0n) is 13.5. The first-order valence-electron chi connectivity index (χ1n) is 7.48. The van der Waals surface area contributed by atoms with Gasteiger partial charge in [0.15, 0.2) is 0 Å². The van der Waals surface area contributed by atoms with Crippen LogP contribution in [0.5, 0.6) is 0 Å². The maximum absolute atomic E-state index is 13.5. The lowest BCUT2D eigenvalue weighted by molar-refractivity contribution is -0.137. The number of nitrogens with one attached hydrogen (secondary N) is 2. The third-order valence-electron chi connectivity index (χ3n) is 3.37. The molecule has 10 heteroatoms. The van der Waals surface area contributed by atoms with Crippen molar-refractivity contribution in [3.8, 4) is 0 Å². The van der Waals surface area contributed by atoms with Crippen LogP contribution in [0.4, 0.5) is 27.6 Å². The molecule has 4 nitrogen and oxygen atoms in total. The smallest absolute Gasteiger partial charge is 0.351 e. The van der Waals surface area contributed by atoms with Crippen LogP contribution in [0.3, 0.4) is 0 Å². The highest BCUT2D eigenvalue weighted by atomic mass is 35.5. The maximum Gasteiger partial charge on any atom is 0.417 e. The van der Waals surface area contributed by atoms with E-state index in [9.17, 15) is 31.5 Å². The fourth-order valence-electron chi connectivity index (χ4n) is 2.10. The lowest BCUT2D eigenvalue weighted by Gasteiger charge is -2.12. The first-order chi connectivity index (χ1) is 12.6. The molecule has 0 heterocycles. The fraction of sp³-hybridized carbons (Fsp3) is 0.176. The second-order valence-corrected chi connectivity index (χ2v) is 5.78. The first-order valence-corrected chi connectivity index (χ1v) is 7.85. The van der Waals surface area contributed by atoms with Crippen molar-refractivity contribution >= 4 is 29.1 Å². The monoisotopic (exact) mass is 406 g/mol. The molecule has 0 aliphatic rings. The van der Waals surface area contributed by atoms with Crippen molar-refractivity contribution in [3.05, 3.63) is 64.2 Å². The Morgan fingerprint density at radius 1 is 1.04 bits per heavy atom. The summed E-state index contributed by atoms with van der Waals surface area (Å²) in [5.41, 5.74) is -1.61. The van der Waals surface area contributed by atoms with Crippen molar-refractivity contribution in [2.24, 2.45) is 0 Å².